The summed E-state index contributed by atoms with van der Waals surface area (Å²) in [5.41, 5.74) is 0.618. The average molecular weight is 513 g/mol. The molecule has 0 radical (unpaired) electrons. The van der Waals surface area contributed by atoms with Crippen molar-refractivity contribution < 1.29 is 4.92 Å². The minimum atomic E-state index is -0.545. The van der Waals surface area contributed by atoms with Gasteiger partial charge in [-0.3, -0.25) is 19.5 Å². The smallest absolute Gasteiger partial charge is 0.293 e. The van der Waals surface area contributed by atoms with Crippen molar-refractivity contribution in [1.82, 2.24) is 19.5 Å². The largest absolute Gasteiger partial charge is 0.305 e. The van der Waals surface area contributed by atoms with Crippen LogP contribution < -0.4 is 5.56 Å². The van der Waals surface area contributed by atoms with Crippen molar-refractivity contribution in [3.05, 3.63) is 102 Å². The van der Waals surface area contributed by atoms with Crippen molar-refractivity contribution in [3.8, 4) is 28.5 Å². The van der Waals surface area contributed by atoms with Gasteiger partial charge < -0.3 is 4.98 Å². The van der Waals surface area contributed by atoms with Gasteiger partial charge in [0.1, 0.15) is 17.3 Å². The fourth-order valence-corrected chi connectivity index (χ4v) is 4.26. The highest BCUT2D eigenvalue weighted by Crippen LogP contribution is 2.33. The van der Waals surface area contributed by atoms with E-state index in [1.807, 2.05) is 0 Å². The van der Waals surface area contributed by atoms with Crippen LogP contribution in [0.5, 0.6) is 0 Å². The number of aromatic nitrogens is 4. The molecule has 0 fully saturated rings. The third-order valence-electron chi connectivity index (χ3n) is 5.13. The highest BCUT2D eigenvalue weighted by molar-refractivity contribution is 6.36. The number of imidazole rings is 1. The topological polar surface area (TPSA) is 107 Å². The molecule has 168 valence electrons. The van der Waals surface area contributed by atoms with Gasteiger partial charge >= 0.3 is 0 Å². The number of benzene rings is 3. The number of nitrogens with zero attached hydrogens (tertiary/aromatic N) is 4. The van der Waals surface area contributed by atoms with Crippen molar-refractivity contribution >= 4 is 51.7 Å². The predicted octanol–water partition coefficient (Wildman–Crippen LogP) is 6.31. The molecule has 0 aliphatic heterocycles. The number of nitro benzene ring substituents is 1. The first-order chi connectivity index (χ1) is 16.3. The predicted molar refractivity (Wildman–Crippen MR) is 132 cm³/mol. The van der Waals surface area contributed by atoms with Gasteiger partial charge in [0, 0.05) is 27.2 Å². The lowest BCUT2D eigenvalue weighted by atomic mass is 10.2. The van der Waals surface area contributed by atoms with E-state index >= 15 is 0 Å². The molecular formula is C23H12Cl3N5O3. The van der Waals surface area contributed by atoms with Gasteiger partial charge in [-0.05, 0) is 48.5 Å². The van der Waals surface area contributed by atoms with Gasteiger partial charge in [-0.15, -0.1) is 0 Å². The molecule has 0 aliphatic rings. The Morgan fingerprint density at radius 1 is 0.912 bits per heavy atom. The van der Waals surface area contributed by atoms with Gasteiger partial charge in [0.15, 0.2) is 11.2 Å². The van der Waals surface area contributed by atoms with Crippen LogP contribution in [0.25, 0.3) is 39.6 Å². The number of fused-ring (bicyclic) bond motifs is 1. The van der Waals surface area contributed by atoms with Crippen molar-refractivity contribution in [1.29, 1.82) is 0 Å². The molecule has 0 spiro atoms. The second-order valence-corrected chi connectivity index (χ2v) is 8.51. The maximum absolute atomic E-state index is 13.3. The van der Waals surface area contributed by atoms with E-state index in [-0.39, 0.29) is 28.4 Å². The van der Waals surface area contributed by atoms with Crippen molar-refractivity contribution in [3.63, 3.8) is 0 Å². The zero-order chi connectivity index (χ0) is 24.0. The minimum Gasteiger partial charge on any atom is -0.305 e. The summed E-state index contributed by atoms with van der Waals surface area (Å²) in [5.74, 6) is 0.479. The van der Waals surface area contributed by atoms with E-state index in [2.05, 4.69) is 15.0 Å². The molecule has 0 saturated heterocycles. The Hall–Kier alpha value is -3.72. The summed E-state index contributed by atoms with van der Waals surface area (Å²) < 4.78 is 1.43. The van der Waals surface area contributed by atoms with Crippen LogP contribution in [0.2, 0.25) is 15.1 Å². The maximum Gasteiger partial charge on any atom is 0.293 e. The molecule has 2 heterocycles. The number of rotatable bonds is 4. The molecule has 0 bridgehead atoms. The molecular weight excluding hydrogens is 501 g/mol. The van der Waals surface area contributed by atoms with Crippen LogP contribution in [0, 0.1) is 10.1 Å². The molecule has 0 unspecified atom stereocenters. The summed E-state index contributed by atoms with van der Waals surface area (Å²) in [6, 6.07) is 17.6. The first-order valence-corrected chi connectivity index (χ1v) is 10.9. The molecule has 0 aliphatic carbocycles. The minimum absolute atomic E-state index is 0.0492. The average Bonchev–Trinajstić information content (AvgIpc) is 3.19. The number of hydrogen-bond donors (Lipinski definition) is 1. The van der Waals surface area contributed by atoms with Gasteiger partial charge in [0.2, 0.25) is 0 Å². The summed E-state index contributed by atoms with van der Waals surface area (Å²) in [6.07, 6.45) is 0. The second-order valence-electron chi connectivity index (χ2n) is 7.23. The molecule has 1 N–H and O–H groups in total. The summed E-state index contributed by atoms with van der Waals surface area (Å²) in [6.45, 7) is 0. The monoisotopic (exact) mass is 511 g/mol. The Kier molecular flexibility index (Phi) is 5.57. The molecule has 3 aromatic carbocycles. The van der Waals surface area contributed by atoms with E-state index in [1.54, 1.807) is 54.6 Å². The van der Waals surface area contributed by atoms with E-state index < -0.39 is 10.5 Å². The van der Waals surface area contributed by atoms with E-state index in [0.29, 0.717) is 32.0 Å². The third-order valence-corrected chi connectivity index (χ3v) is 5.93. The molecule has 0 amide bonds. The van der Waals surface area contributed by atoms with Crippen LogP contribution >= 0.6 is 34.8 Å². The van der Waals surface area contributed by atoms with Crippen LogP contribution in [0.15, 0.2) is 71.5 Å². The fraction of sp³-hybridized carbons (Fsp3) is 0. The summed E-state index contributed by atoms with van der Waals surface area (Å²) in [5, 5.41) is 13.0. The number of nitrogens with one attached hydrogen (secondary N) is 1. The Morgan fingerprint density at radius 2 is 1.62 bits per heavy atom. The van der Waals surface area contributed by atoms with Gasteiger partial charge in [0.05, 0.1) is 9.95 Å². The van der Waals surface area contributed by atoms with Gasteiger partial charge in [-0.1, -0.05) is 46.9 Å². The van der Waals surface area contributed by atoms with Gasteiger partial charge in [-0.2, -0.15) is 0 Å². The first-order valence-electron chi connectivity index (χ1n) is 9.81. The number of para-hydroxylation sites is 2. The first kappa shape index (κ1) is 22.1. The van der Waals surface area contributed by atoms with Crippen LogP contribution in [0.4, 0.5) is 5.69 Å². The summed E-state index contributed by atoms with van der Waals surface area (Å²) in [4.78, 5) is 36.4. The lowest BCUT2D eigenvalue weighted by Gasteiger charge is -2.10. The van der Waals surface area contributed by atoms with Crippen LogP contribution in [0.1, 0.15) is 0 Å². The van der Waals surface area contributed by atoms with Crippen LogP contribution in [-0.2, 0) is 0 Å². The molecule has 0 saturated carbocycles. The Bertz CT molecular complexity index is 1640. The maximum atomic E-state index is 13.3. The Balaban J connectivity index is 1.86. The zero-order valence-corrected chi connectivity index (χ0v) is 19.3. The third kappa shape index (κ3) is 3.81. The quantitative estimate of drug-likeness (QED) is 0.224. The molecule has 8 nitrogen and oxygen atoms in total. The van der Waals surface area contributed by atoms with E-state index in [9.17, 15) is 14.9 Å². The highest BCUT2D eigenvalue weighted by Gasteiger charge is 2.24. The second kappa shape index (κ2) is 8.57. The molecule has 2 aromatic heterocycles. The van der Waals surface area contributed by atoms with E-state index in [0.717, 1.165) is 0 Å². The molecule has 0 atom stereocenters. The molecule has 11 heteroatoms. The molecule has 5 rings (SSSR count). The number of halogens is 3. The Morgan fingerprint density at radius 3 is 2.32 bits per heavy atom. The lowest BCUT2D eigenvalue weighted by Crippen LogP contribution is -2.14. The SMILES string of the molecule is O=c1[nH]c(-c2ccc(Cl)cc2Cl)nc2nc(-c3ccc(Cl)cc3)n(-c3ccccc3[N+](=O)[O-])c12. The Labute approximate surface area is 206 Å². The highest BCUT2D eigenvalue weighted by atomic mass is 35.5. The van der Waals surface area contributed by atoms with Crippen LogP contribution in [0.3, 0.4) is 0 Å². The fourth-order valence-electron chi connectivity index (χ4n) is 3.63. The summed E-state index contributed by atoms with van der Waals surface area (Å²) >= 11 is 18.3. The van der Waals surface area contributed by atoms with Crippen molar-refractivity contribution in [2.75, 3.05) is 0 Å². The molecule has 34 heavy (non-hydrogen) atoms. The van der Waals surface area contributed by atoms with E-state index in [1.165, 1.54) is 16.7 Å². The number of hydrogen-bond acceptors (Lipinski definition) is 5. The lowest BCUT2D eigenvalue weighted by molar-refractivity contribution is -0.384. The van der Waals surface area contributed by atoms with Gasteiger partial charge in [-0.25, -0.2) is 9.97 Å². The number of H-pyrrole nitrogens is 1. The van der Waals surface area contributed by atoms with Crippen LogP contribution in [-0.4, -0.2) is 24.4 Å². The number of nitro groups is 1. The van der Waals surface area contributed by atoms with Crippen molar-refractivity contribution in [2.45, 2.75) is 0 Å². The van der Waals surface area contributed by atoms with Crippen molar-refractivity contribution in [2.24, 2.45) is 0 Å². The summed E-state index contributed by atoms with van der Waals surface area (Å²) in [7, 11) is 0. The zero-order valence-electron chi connectivity index (χ0n) is 17.0. The van der Waals surface area contributed by atoms with E-state index in [4.69, 9.17) is 34.8 Å². The van der Waals surface area contributed by atoms with Gasteiger partial charge in [0.25, 0.3) is 11.2 Å². The number of aromatic amines is 1. The molecule has 5 aromatic rings. The standard InChI is InChI=1S/C23H12Cl3N5O3/c24-13-7-5-12(6-8-13)22-28-21-19(30(22)17-3-1-2-4-18(17)31(33)34)23(32)29-20(27-21)15-10-9-14(25)11-16(15)26/h1-11H,(H,27,29,32). The normalized spacial score (nSPS) is 11.1.